The maximum absolute atomic E-state index is 6.20. The van der Waals surface area contributed by atoms with Gasteiger partial charge in [0.15, 0.2) is 0 Å². The third-order valence-corrected chi connectivity index (χ3v) is 6.43. The number of rotatable bonds is 4. The van der Waals surface area contributed by atoms with Crippen LogP contribution in [-0.2, 0) is 15.1 Å². The van der Waals surface area contributed by atoms with E-state index >= 15 is 0 Å². The molecule has 2 nitrogen and oxygen atoms in total. The molecule has 2 heterocycles. The van der Waals surface area contributed by atoms with Crippen molar-refractivity contribution in [3.63, 3.8) is 0 Å². The minimum Gasteiger partial charge on any atom is -0.370 e. The zero-order valence-electron chi connectivity index (χ0n) is 12.5. The molecule has 0 spiro atoms. The Bertz CT molecular complexity index is 465. The van der Waals surface area contributed by atoms with Crippen molar-refractivity contribution < 1.29 is 9.47 Å². The van der Waals surface area contributed by atoms with E-state index < -0.39 is 8.07 Å². The van der Waals surface area contributed by atoms with Crippen LogP contribution in [0, 0.1) is 5.92 Å². The average molecular weight is 276 g/mol. The van der Waals surface area contributed by atoms with Crippen molar-refractivity contribution in [2.75, 3.05) is 0 Å². The highest BCUT2D eigenvalue weighted by Crippen LogP contribution is 2.59. The Morgan fingerprint density at radius 3 is 2.16 bits per heavy atom. The lowest BCUT2D eigenvalue weighted by atomic mass is 9.87. The molecule has 2 saturated heterocycles. The van der Waals surface area contributed by atoms with Crippen molar-refractivity contribution in [1.29, 1.82) is 0 Å². The average Bonchev–Trinajstić information content (AvgIpc) is 3.21. The van der Waals surface area contributed by atoms with Crippen molar-refractivity contribution in [3.05, 3.63) is 35.9 Å². The number of epoxide rings is 2. The first kappa shape index (κ1) is 13.3. The molecule has 3 rings (SSSR count). The highest BCUT2D eigenvalue weighted by molar-refractivity contribution is 6.78. The van der Waals surface area contributed by atoms with Gasteiger partial charge in [-0.2, -0.15) is 0 Å². The summed E-state index contributed by atoms with van der Waals surface area (Å²) in [5.41, 5.74) is 1.57. The maximum atomic E-state index is 6.20. The molecular weight excluding hydrogens is 252 g/mol. The topological polar surface area (TPSA) is 25.1 Å². The molecule has 0 aliphatic carbocycles. The van der Waals surface area contributed by atoms with Gasteiger partial charge in [-0.1, -0.05) is 63.8 Å². The van der Waals surface area contributed by atoms with Crippen LogP contribution in [0.15, 0.2) is 30.3 Å². The van der Waals surface area contributed by atoms with E-state index in [1.807, 2.05) is 0 Å². The summed E-state index contributed by atoms with van der Waals surface area (Å²) < 4.78 is 12.3. The summed E-state index contributed by atoms with van der Waals surface area (Å²) in [6.45, 7) is 11.6. The van der Waals surface area contributed by atoms with E-state index in [1.54, 1.807) is 0 Å². The summed E-state index contributed by atoms with van der Waals surface area (Å²) in [6, 6.07) is 10.6. The Balaban J connectivity index is 1.90. The monoisotopic (exact) mass is 276 g/mol. The fourth-order valence-corrected chi connectivity index (χ4v) is 4.94. The van der Waals surface area contributed by atoms with Crippen molar-refractivity contribution in [3.8, 4) is 0 Å². The molecule has 0 amide bonds. The molecule has 0 saturated carbocycles. The van der Waals surface area contributed by atoms with Gasteiger partial charge in [0.1, 0.15) is 11.7 Å². The lowest BCUT2D eigenvalue weighted by Gasteiger charge is -2.16. The van der Waals surface area contributed by atoms with E-state index in [0.717, 1.165) is 0 Å². The quantitative estimate of drug-likeness (QED) is 0.620. The van der Waals surface area contributed by atoms with Gasteiger partial charge in [0, 0.05) is 0 Å². The van der Waals surface area contributed by atoms with Crippen LogP contribution < -0.4 is 0 Å². The summed E-state index contributed by atoms with van der Waals surface area (Å²) in [5.74, 6) is 0.534. The van der Waals surface area contributed by atoms with Gasteiger partial charge in [0.2, 0.25) is 0 Å². The van der Waals surface area contributed by atoms with Crippen LogP contribution in [0.5, 0.6) is 0 Å². The van der Waals surface area contributed by atoms with Crippen molar-refractivity contribution in [2.45, 2.75) is 57.0 Å². The van der Waals surface area contributed by atoms with E-state index in [2.05, 4.69) is 63.8 Å². The van der Waals surface area contributed by atoms with E-state index in [4.69, 9.17) is 9.47 Å². The third-order valence-electron chi connectivity index (χ3n) is 4.29. The minimum absolute atomic E-state index is 0.166. The van der Waals surface area contributed by atoms with E-state index in [1.165, 1.54) is 5.56 Å². The fraction of sp³-hybridized carbons (Fsp3) is 0.625. The van der Waals surface area contributed by atoms with Crippen LogP contribution in [0.25, 0.3) is 0 Å². The smallest absolute Gasteiger partial charge is 0.148 e. The molecule has 2 aliphatic rings. The van der Waals surface area contributed by atoms with Gasteiger partial charge in [0.05, 0.1) is 19.9 Å². The molecular formula is C16H24O2Si. The Morgan fingerprint density at radius 1 is 1.11 bits per heavy atom. The Hall–Kier alpha value is -0.643. The highest BCUT2D eigenvalue weighted by Gasteiger charge is 2.73. The summed E-state index contributed by atoms with van der Waals surface area (Å²) in [6.07, 6.45) is 0.579. The highest BCUT2D eigenvalue weighted by atomic mass is 28.3. The van der Waals surface area contributed by atoms with Crippen LogP contribution in [0.4, 0.5) is 0 Å². The van der Waals surface area contributed by atoms with Crippen LogP contribution in [-0.4, -0.2) is 26.0 Å². The first-order chi connectivity index (χ1) is 8.87. The molecule has 104 valence electrons. The third kappa shape index (κ3) is 2.08. The zero-order valence-corrected chi connectivity index (χ0v) is 13.5. The standard InChI is InChI=1S/C16H24O2Si/c1-11(2)13-16(18-13,12-9-7-6-8-10-12)14-15(17-14)19(3,4)5/h6-11,13-15H,1-5H3/t13-,14?,15?,16+/m1/s1. The first-order valence-electron chi connectivity index (χ1n) is 7.26. The number of hydrogen-bond acceptors (Lipinski definition) is 2. The van der Waals surface area contributed by atoms with E-state index in [9.17, 15) is 0 Å². The lowest BCUT2D eigenvalue weighted by Crippen LogP contribution is -2.35. The minimum atomic E-state index is -1.26. The van der Waals surface area contributed by atoms with Crippen molar-refractivity contribution >= 4 is 8.07 Å². The molecule has 4 atom stereocenters. The molecule has 0 aromatic heterocycles. The fourth-order valence-electron chi connectivity index (χ4n) is 3.23. The second kappa shape index (κ2) is 4.17. The van der Waals surface area contributed by atoms with Gasteiger partial charge in [-0.05, 0) is 11.5 Å². The molecule has 0 bridgehead atoms. The van der Waals surface area contributed by atoms with Crippen LogP contribution in [0.1, 0.15) is 19.4 Å². The zero-order chi connectivity index (χ0) is 13.8. The van der Waals surface area contributed by atoms with Gasteiger partial charge >= 0.3 is 0 Å². The maximum Gasteiger partial charge on any atom is 0.148 e. The summed E-state index contributed by atoms with van der Waals surface area (Å²) in [5, 5.41) is 0. The summed E-state index contributed by atoms with van der Waals surface area (Å²) in [4.78, 5) is 0. The molecule has 0 N–H and O–H groups in total. The molecule has 19 heavy (non-hydrogen) atoms. The van der Waals surface area contributed by atoms with Crippen molar-refractivity contribution in [2.24, 2.45) is 5.92 Å². The van der Waals surface area contributed by atoms with Gasteiger partial charge in [-0.15, -0.1) is 0 Å². The predicted octanol–water partition coefficient (Wildman–Crippen LogP) is 3.58. The van der Waals surface area contributed by atoms with Gasteiger partial charge in [0.25, 0.3) is 0 Å². The Labute approximate surface area is 117 Å². The largest absolute Gasteiger partial charge is 0.370 e. The lowest BCUT2D eigenvalue weighted by molar-refractivity contribution is 0.231. The SMILES string of the molecule is CC(C)[C@H]1O[C@]1(c1ccccc1)C1OC1[Si](C)(C)C. The Morgan fingerprint density at radius 2 is 1.74 bits per heavy atom. The molecule has 2 unspecified atom stereocenters. The molecule has 1 aromatic carbocycles. The Kier molecular flexibility index (Phi) is 2.93. The molecule has 2 fully saturated rings. The molecule has 3 heteroatoms. The second-order valence-corrected chi connectivity index (χ2v) is 12.6. The van der Waals surface area contributed by atoms with Crippen LogP contribution in [0.3, 0.4) is 0 Å². The summed E-state index contributed by atoms with van der Waals surface area (Å²) >= 11 is 0. The molecule has 0 radical (unpaired) electrons. The van der Waals surface area contributed by atoms with Gasteiger partial charge in [-0.3, -0.25) is 0 Å². The first-order valence-corrected chi connectivity index (χ1v) is 10.8. The normalized spacial score (nSPS) is 37.5. The number of hydrogen-bond donors (Lipinski definition) is 0. The number of benzene rings is 1. The predicted molar refractivity (Wildman–Crippen MR) is 79.8 cm³/mol. The van der Waals surface area contributed by atoms with E-state index in [-0.39, 0.29) is 11.7 Å². The summed E-state index contributed by atoms with van der Waals surface area (Å²) in [7, 11) is -1.26. The molecule has 2 aliphatic heterocycles. The van der Waals surface area contributed by atoms with Gasteiger partial charge < -0.3 is 9.47 Å². The molecule has 1 aromatic rings. The second-order valence-electron chi connectivity index (χ2n) is 7.28. The number of ether oxygens (including phenoxy) is 2. The van der Waals surface area contributed by atoms with Crippen LogP contribution >= 0.6 is 0 Å². The van der Waals surface area contributed by atoms with E-state index in [0.29, 0.717) is 17.7 Å². The van der Waals surface area contributed by atoms with Crippen LogP contribution in [0.2, 0.25) is 19.6 Å². The van der Waals surface area contributed by atoms with Crippen molar-refractivity contribution in [1.82, 2.24) is 0 Å². The van der Waals surface area contributed by atoms with Gasteiger partial charge in [-0.25, -0.2) is 0 Å².